The number of nitrogens with zero attached hydrogens (tertiary/aromatic N) is 2. The number of aliphatic carboxylic acids is 1. The van der Waals surface area contributed by atoms with Crippen LogP contribution in [0.15, 0.2) is 0 Å². The van der Waals surface area contributed by atoms with E-state index >= 15 is 0 Å². The molecule has 0 spiro atoms. The summed E-state index contributed by atoms with van der Waals surface area (Å²) in [5.41, 5.74) is 0. The minimum Gasteiger partial charge on any atom is -0.481 e. The second-order valence-electron chi connectivity index (χ2n) is 5.57. The van der Waals surface area contributed by atoms with E-state index in [4.69, 9.17) is 5.11 Å². The molecule has 0 aromatic rings. The van der Waals surface area contributed by atoms with Crippen molar-refractivity contribution in [2.24, 2.45) is 11.8 Å². The summed E-state index contributed by atoms with van der Waals surface area (Å²) in [5.74, 6) is -1.82. The molecule has 2 aliphatic heterocycles. The molecule has 2 saturated heterocycles. The lowest BCUT2D eigenvalue weighted by atomic mass is 9.98. The summed E-state index contributed by atoms with van der Waals surface area (Å²) in [4.78, 5) is 24.8. The van der Waals surface area contributed by atoms with Gasteiger partial charge in [-0.25, -0.2) is 12.7 Å². The SMILES string of the molecule is CS(=O)(=O)N1CCCC(C(=O)N2CCC(C(=O)O)C2)C1. The summed E-state index contributed by atoms with van der Waals surface area (Å²) in [6, 6.07) is 0. The smallest absolute Gasteiger partial charge is 0.308 e. The molecule has 2 aliphatic rings. The van der Waals surface area contributed by atoms with Gasteiger partial charge in [-0.1, -0.05) is 0 Å². The van der Waals surface area contributed by atoms with Gasteiger partial charge >= 0.3 is 5.97 Å². The molecule has 8 heteroatoms. The number of amides is 1. The molecule has 0 aromatic carbocycles. The molecular weight excluding hydrogens is 284 g/mol. The number of sulfonamides is 1. The van der Waals surface area contributed by atoms with Crippen LogP contribution in [0.2, 0.25) is 0 Å². The normalized spacial score (nSPS) is 28.6. The van der Waals surface area contributed by atoms with E-state index in [0.29, 0.717) is 32.4 Å². The van der Waals surface area contributed by atoms with Crippen LogP contribution in [0.3, 0.4) is 0 Å². The number of carbonyl (C=O) groups is 2. The van der Waals surface area contributed by atoms with Gasteiger partial charge in [-0.2, -0.15) is 0 Å². The fourth-order valence-corrected chi connectivity index (χ4v) is 3.78. The second kappa shape index (κ2) is 5.69. The summed E-state index contributed by atoms with van der Waals surface area (Å²) in [6.07, 6.45) is 2.96. The lowest BCUT2D eigenvalue weighted by Crippen LogP contribution is -2.46. The van der Waals surface area contributed by atoms with Crippen LogP contribution in [0.5, 0.6) is 0 Å². The predicted octanol–water partition coefficient (Wildman–Crippen LogP) is -0.409. The Kier molecular flexibility index (Phi) is 4.33. The van der Waals surface area contributed by atoms with Crippen LogP contribution in [-0.4, -0.2) is 67.0 Å². The van der Waals surface area contributed by atoms with E-state index in [0.717, 1.165) is 6.26 Å². The largest absolute Gasteiger partial charge is 0.481 e. The van der Waals surface area contributed by atoms with Crippen molar-refractivity contribution in [3.63, 3.8) is 0 Å². The average Bonchev–Trinajstić information content (AvgIpc) is 2.87. The molecule has 2 heterocycles. The van der Waals surface area contributed by atoms with Crippen LogP contribution in [0.1, 0.15) is 19.3 Å². The number of piperidine rings is 1. The standard InChI is InChI=1S/C12H20N2O5S/c1-20(18,19)14-5-2-3-9(8-14)11(15)13-6-4-10(7-13)12(16)17/h9-10H,2-8H2,1H3,(H,16,17). The molecule has 20 heavy (non-hydrogen) atoms. The van der Waals surface area contributed by atoms with Gasteiger partial charge in [-0.15, -0.1) is 0 Å². The number of hydrogen-bond donors (Lipinski definition) is 1. The van der Waals surface area contributed by atoms with E-state index in [1.54, 1.807) is 4.90 Å². The van der Waals surface area contributed by atoms with Crippen LogP contribution >= 0.6 is 0 Å². The number of carbonyl (C=O) groups excluding carboxylic acids is 1. The van der Waals surface area contributed by atoms with Crippen molar-refractivity contribution in [2.45, 2.75) is 19.3 Å². The first-order chi connectivity index (χ1) is 9.29. The molecule has 2 fully saturated rings. The summed E-state index contributed by atoms with van der Waals surface area (Å²) in [7, 11) is -3.27. The number of hydrogen-bond acceptors (Lipinski definition) is 4. The molecule has 1 amide bonds. The van der Waals surface area contributed by atoms with Crippen molar-refractivity contribution in [2.75, 3.05) is 32.4 Å². The molecule has 114 valence electrons. The van der Waals surface area contributed by atoms with Gasteiger partial charge in [0.25, 0.3) is 0 Å². The van der Waals surface area contributed by atoms with Gasteiger partial charge in [0.05, 0.1) is 18.1 Å². The molecule has 0 radical (unpaired) electrons. The predicted molar refractivity (Wildman–Crippen MR) is 71.5 cm³/mol. The molecular formula is C12H20N2O5S. The van der Waals surface area contributed by atoms with E-state index in [1.165, 1.54) is 4.31 Å². The fourth-order valence-electron chi connectivity index (χ4n) is 2.87. The van der Waals surface area contributed by atoms with E-state index in [-0.39, 0.29) is 24.9 Å². The van der Waals surface area contributed by atoms with Crippen molar-refractivity contribution in [3.8, 4) is 0 Å². The average molecular weight is 304 g/mol. The summed E-state index contributed by atoms with van der Waals surface area (Å²) < 4.78 is 24.4. The second-order valence-corrected chi connectivity index (χ2v) is 7.55. The fraction of sp³-hybridized carbons (Fsp3) is 0.833. The Bertz CT molecular complexity index is 504. The first-order valence-electron chi connectivity index (χ1n) is 6.75. The molecule has 1 N–H and O–H groups in total. The van der Waals surface area contributed by atoms with E-state index in [9.17, 15) is 18.0 Å². The molecule has 0 saturated carbocycles. The van der Waals surface area contributed by atoms with Gasteiger partial charge in [-0.05, 0) is 19.3 Å². The van der Waals surface area contributed by atoms with Crippen LogP contribution in [0.25, 0.3) is 0 Å². The molecule has 0 bridgehead atoms. The lowest BCUT2D eigenvalue weighted by molar-refractivity contribution is -0.141. The van der Waals surface area contributed by atoms with E-state index in [2.05, 4.69) is 0 Å². The minimum absolute atomic E-state index is 0.109. The monoisotopic (exact) mass is 304 g/mol. The number of carboxylic acid groups (broad SMARTS) is 1. The van der Waals surface area contributed by atoms with Crippen molar-refractivity contribution < 1.29 is 23.1 Å². The third kappa shape index (κ3) is 3.29. The van der Waals surface area contributed by atoms with Crippen molar-refractivity contribution in [1.82, 2.24) is 9.21 Å². The van der Waals surface area contributed by atoms with Crippen LogP contribution in [0.4, 0.5) is 0 Å². The third-order valence-corrected chi connectivity index (χ3v) is 5.32. The highest BCUT2D eigenvalue weighted by Crippen LogP contribution is 2.24. The molecule has 2 rings (SSSR count). The van der Waals surface area contributed by atoms with Gasteiger partial charge in [0.15, 0.2) is 0 Å². The van der Waals surface area contributed by atoms with Gasteiger partial charge in [-0.3, -0.25) is 9.59 Å². The zero-order valence-corrected chi connectivity index (χ0v) is 12.3. The van der Waals surface area contributed by atoms with Gasteiger partial charge < -0.3 is 10.0 Å². The lowest BCUT2D eigenvalue weighted by Gasteiger charge is -2.32. The highest BCUT2D eigenvalue weighted by atomic mass is 32.2. The van der Waals surface area contributed by atoms with Gasteiger partial charge in [0.1, 0.15) is 0 Å². The van der Waals surface area contributed by atoms with Gasteiger partial charge in [0.2, 0.25) is 15.9 Å². The quantitative estimate of drug-likeness (QED) is 0.765. The van der Waals surface area contributed by atoms with Crippen molar-refractivity contribution in [1.29, 1.82) is 0 Å². The van der Waals surface area contributed by atoms with Crippen LogP contribution in [0, 0.1) is 11.8 Å². The Morgan fingerprint density at radius 2 is 1.80 bits per heavy atom. The molecule has 2 atom stereocenters. The van der Waals surface area contributed by atoms with E-state index in [1.807, 2.05) is 0 Å². The number of likely N-dealkylation sites (tertiary alicyclic amines) is 1. The van der Waals surface area contributed by atoms with Gasteiger partial charge in [0, 0.05) is 26.2 Å². The number of carboxylic acids is 1. The van der Waals surface area contributed by atoms with Crippen molar-refractivity contribution >= 4 is 21.9 Å². The Labute approximate surface area is 118 Å². The third-order valence-electron chi connectivity index (χ3n) is 4.05. The Balaban J connectivity index is 1.98. The maximum Gasteiger partial charge on any atom is 0.308 e. The molecule has 7 nitrogen and oxygen atoms in total. The zero-order chi connectivity index (χ0) is 14.9. The molecule has 0 aromatic heterocycles. The summed E-state index contributed by atoms with van der Waals surface area (Å²) in [5, 5.41) is 8.95. The maximum absolute atomic E-state index is 12.4. The molecule has 2 unspecified atom stereocenters. The molecule has 0 aliphatic carbocycles. The Morgan fingerprint density at radius 3 is 2.35 bits per heavy atom. The van der Waals surface area contributed by atoms with Crippen LogP contribution < -0.4 is 0 Å². The first kappa shape index (κ1) is 15.2. The Morgan fingerprint density at radius 1 is 1.10 bits per heavy atom. The first-order valence-corrected chi connectivity index (χ1v) is 8.60. The highest BCUT2D eigenvalue weighted by molar-refractivity contribution is 7.88. The summed E-state index contributed by atoms with van der Waals surface area (Å²) >= 11 is 0. The zero-order valence-electron chi connectivity index (χ0n) is 11.5. The summed E-state index contributed by atoms with van der Waals surface area (Å²) in [6.45, 7) is 1.36. The topological polar surface area (TPSA) is 95.0 Å². The number of rotatable bonds is 3. The van der Waals surface area contributed by atoms with Crippen LogP contribution in [-0.2, 0) is 19.6 Å². The highest BCUT2D eigenvalue weighted by Gasteiger charge is 2.36. The van der Waals surface area contributed by atoms with Crippen molar-refractivity contribution in [3.05, 3.63) is 0 Å². The maximum atomic E-state index is 12.4. The van der Waals surface area contributed by atoms with E-state index < -0.39 is 21.9 Å². The minimum atomic E-state index is -3.27. The Hall–Kier alpha value is -1.15.